The molecule has 2 saturated heterocycles. The van der Waals surface area contributed by atoms with Crippen LogP contribution in [0.15, 0.2) is 47.6 Å². The Morgan fingerprint density at radius 3 is 2.23 bits per heavy atom. The number of nitrogens with zero attached hydrogens (tertiary/aromatic N) is 1. The fraction of sp³-hybridized carbons (Fsp3) is 0.755. The summed E-state index contributed by atoms with van der Waals surface area (Å²) in [5.41, 5.74) is 1.10. The predicted molar refractivity (Wildman–Crippen MR) is 265 cm³/mol. The van der Waals surface area contributed by atoms with E-state index in [1.165, 1.54) is 13.2 Å². The van der Waals surface area contributed by atoms with Crippen LogP contribution in [0.2, 0.25) is 0 Å². The van der Waals surface area contributed by atoms with E-state index in [0.717, 1.165) is 10.5 Å². The van der Waals surface area contributed by atoms with E-state index in [2.05, 4.69) is 0 Å². The van der Waals surface area contributed by atoms with Gasteiger partial charge in [0.15, 0.2) is 13.2 Å². The highest BCUT2D eigenvalue weighted by molar-refractivity contribution is 7.57. The number of fused-ring (bicyclic) bond motifs is 3. The Bertz CT molecular complexity index is 1960. The Hall–Kier alpha value is -3.18. The molecule has 3 aliphatic heterocycles. The molecule has 0 aromatic carbocycles. The Labute approximate surface area is 416 Å². The van der Waals surface area contributed by atoms with Crippen molar-refractivity contribution in [1.29, 1.82) is 0 Å². The Kier molecular flexibility index (Phi) is 23.1. The number of carbonyl (C=O) groups excluding carboxylic acids is 5. The van der Waals surface area contributed by atoms with Gasteiger partial charge in [0.2, 0.25) is 5.79 Å². The maximum absolute atomic E-state index is 14.5. The minimum Gasteiger partial charge on any atom is -0.460 e. The largest absolute Gasteiger partial charge is 0.460 e. The highest BCUT2D eigenvalue weighted by Crippen LogP contribution is 2.45. The van der Waals surface area contributed by atoms with E-state index >= 15 is 0 Å². The number of esters is 1. The smallest absolute Gasteiger partial charge is 0.329 e. The molecule has 1 aliphatic carbocycles. The zero-order valence-electron chi connectivity index (χ0n) is 43.6. The summed E-state index contributed by atoms with van der Waals surface area (Å²) in [6.07, 6.45) is 10.2. The molecular formula is C53H84NO15P. The standard InChI is InChI=1S/C53H84NO15P/c1-32-17-13-12-14-18-33(2)44(64-7)29-40-22-20-37(6)53(62,68-40)50(59)51(60)54-24-16-15-19-41(54)52(61)67-45(34(3)26-38-21-23-43(46(28-38)65-8)69-70(10,11)63)30-42(56)39(31-55)27-36(5)48(58)49(66-9)47(57)35(4)25-32/h12-14,17-18,27,32,34-35,37-41,43-46,48-49,55,58,62H,15-16,19-26,28-31H2,1-11H3/b14-12+,17-13+,33-18+,36-27+/t32-,34-,35-,37-,38+,39?,40+,41+,43-,44+,45+,46-,48-,49+,53-/m1/s1. The van der Waals surface area contributed by atoms with Gasteiger partial charge in [-0.05, 0) is 107 Å². The van der Waals surface area contributed by atoms with Gasteiger partial charge < -0.3 is 48.4 Å². The van der Waals surface area contributed by atoms with Crippen LogP contribution in [0.25, 0.3) is 0 Å². The molecule has 1 saturated carbocycles. The number of cyclic esters (lactones) is 1. The zero-order chi connectivity index (χ0) is 52.1. The monoisotopic (exact) mass is 1010 g/mol. The third-order valence-corrected chi connectivity index (χ3v) is 15.7. The lowest BCUT2D eigenvalue weighted by Crippen LogP contribution is -2.61. The molecule has 0 aromatic heterocycles. The average Bonchev–Trinajstić information content (AvgIpc) is 3.32. The Morgan fingerprint density at radius 1 is 0.871 bits per heavy atom. The van der Waals surface area contributed by atoms with E-state index in [4.69, 9.17) is 28.2 Å². The lowest BCUT2D eigenvalue weighted by Gasteiger charge is -2.42. The average molecular weight is 1010 g/mol. The van der Waals surface area contributed by atoms with Crippen molar-refractivity contribution in [1.82, 2.24) is 4.90 Å². The topological polar surface area (TPSA) is 222 Å². The molecule has 16 nitrogen and oxygen atoms in total. The van der Waals surface area contributed by atoms with Crippen molar-refractivity contribution in [2.24, 2.45) is 35.5 Å². The van der Waals surface area contributed by atoms with Crippen LogP contribution in [0, 0.1) is 35.5 Å². The summed E-state index contributed by atoms with van der Waals surface area (Å²) in [5, 5.41) is 34.1. The molecule has 0 radical (unpaired) electrons. The summed E-state index contributed by atoms with van der Waals surface area (Å²) in [5.74, 6) is -9.15. The van der Waals surface area contributed by atoms with Crippen molar-refractivity contribution >= 4 is 36.6 Å². The first-order valence-electron chi connectivity index (χ1n) is 25.3. The van der Waals surface area contributed by atoms with Gasteiger partial charge in [0.05, 0.1) is 36.9 Å². The van der Waals surface area contributed by atoms with Gasteiger partial charge >= 0.3 is 5.97 Å². The Balaban J connectivity index is 1.73. The third-order valence-electron chi connectivity index (χ3n) is 14.9. The minimum absolute atomic E-state index is 0.0219. The minimum atomic E-state index is -2.81. The molecule has 0 spiro atoms. The normalized spacial score (nSPS) is 38.6. The molecule has 4 rings (SSSR count). The van der Waals surface area contributed by atoms with Crippen molar-refractivity contribution < 1.29 is 72.1 Å². The molecule has 396 valence electrons. The summed E-state index contributed by atoms with van der Waals surface area (Å²) < 4.78 is 48.1. The van der Waals surface area contributed by atoms with Crippen LogP contribution in [0.3, 0.4) is 0 Å². The molecule has 3 heterocycles. The summed E-state index contributed by atoms with van der Waals surface area (Å²) in [6.45, 7) is 13.3. The lowest BCUT2D eigenvalue weighted by molar-refractivity contribution is -0.265. The summed E-state index contributed by atoms with van der Waals surface area (Å²) >= 11 is 0. The van der Waals surface area contributed by atoms with Crippen molar-refractivity contribution in [3.63, 3.8) is 0 Å². The van der Waals surface area contributed by atoms with Crippen LogP contribution in [-0.4, -0.2) is 152 Å². The van der Waals surface area contributed by atoms with Crippen molar-refractivity contribution in [3.05, 3.63) is 47.6 Å². The number of piperidine rings is 1. The van der Waals surface area contributed by atoms with Gasteiger partial charge in [0, 0.05) is 65.9 Å². The first-order valence-corrected chi connectivity index (χ1v) is 27.8. The van der Waals surface area contributed by atoms with Crippen LogP contribution >= 0.6 is 7.37 Å². The number of methoxy groups -OCH3 is 3. The van der Waals surface area contributed by atoms with Crippen molar-refractivity contribution in [3.8, 4) is 0 Å². The molecule has 2 bridgehead atoms. The van der Waals surface area contributed by atoms with Gasteiger partial charge in [-0.25, -0.2) is 4.79 Å². The summed E-state index contributed by atoms with van der Waals surface area (Å²) in [6, 6.07) is -1.21. The van der Waals surface area contributed by atoms with Gasteiger partial charge in [-0.2, -0.15) is 0 Å². The first-order chi connectivity index (χ1) is 33.0. The molecule has 1 unspecified atom stereocenters. The number of Topliss-reactive ketones (excluding diaryl/α,β-unsaturated/α-hetero) is 3. The highest BCUT2D eigenvalue weighted by Gasteiger charge is 2.53. The van der Waals surface area contributed by atoms with Crippen LogP contribution in [0.5, 0.6) is 0 Å². The first kappa shape index (κ1) is 59.4. The van der Waals surface area contributed by atoms with Crippen molar-refractivity contribution in [2.45, 2.75) is 173 Å². The van der Waals surface area contributed by atoms with E-state index in [-0.39, 0.29) is 54.8 Å². The molecule has 3 fully saturated rings. The van der Waals surface area contributed by atoms with E-state index < -0.39 is 103 Å². The number of aliphatic hydroxyl groups excluding tert-OH is 2. The number of amides is 1. The van der Waals surface area contributed by atoms with Gasteiger partial charge in [0.25, 0.3) is 11.7 Å². The third kappa shape index (κ3) is 16.2. The predicted octanol–water partition coefficient (Wildman–Crippen LogP) is 6.72. The number of ether oxygens (including phenoxy) is 5. The molecule has 4 aliphatic rings. The maximum atomic E-state index is 14.5. The molecule has 70 heavy (non-hydrogen) atoms. The van der Waals surface area contributed by atoms with E-state index in [9.17, 15) is 43.9 Å². The fourth-order valence-corrected chi connectivity index (χ4v) is 11.5. The lowest BCUT2D eigenvalue weighted by atomic mass is 9.78. The summed E-state index contributed by atoms with van der Waals surface area (Å²) in [4.78, 5) is 72.3. The number of hydrogen-bond donors (Lipinski definition) is 3. The maximum Gasteiger partial charge on any atom is 0.329 e. The second-order valence-corrected chi connectivity index (χ2v) is 23.6. The quantitative estimate of drug-likeness (QED) is 0.0945. The van der Waals surface area contributed by atoms with E-state index in [1.807, 2.05) is 51.2 Å². The van der Waals surface area contributed by atoms with E-state index in [0.29, 0.717) is 64.2 Å². The molecule has 17 heteroatoms. The molecule has 0 aromatic rings. The Morgan fingerprint density at radius 2 is 1.59 bits per heavy atom. The van der Waals surface area contributed by atoms with Crippen LogP contribution in [-0.2, 0) is 56.7 Å². The summed E-state index contributed by atoms with van der Waals surface area (Å²) in [7, 11) is 1.66. The molecule has 15 atom stereocenters. The number of ketones is 3. The van der Waals surface area contributed by atoms with Gasteiger partial charge in [-0.15, -0.1) is 0 Å². The van der Waals surface area contributed by atoms with Crippen LogP contribution < -0.4 is 0 Å². The van der Waals surface area contributed by atoms with Crippen LogP contribution in [0.1, 0.15) is 119 Å². The number of hydrogen-bond acceptors (Lipinski definition) is 15. The van der Waals surface area contributed by atoms with Gasteiger partial charge in [0.1, 0.15) is 30.1 Å². The number of allylic oxidation sites excluding steroid dienone is 5. The number of carbonyl (C=O) groups is 5. The highest BCUT2D eigenvalue weighted by atomic mass is 31.2. The number of aliphatic hydroxyl groups is 3. The molecular weight excluding hydrogens is 922 g/mol. The van der Waals surface area contributed by atoms with Crippen LogP contribution in [0.4, 0.5) is 0 Å². The van der Waals surface area contributed by atoms with Gasteiger partial charge in [-0.3, -0.25) is 23.7 Å². The number of rotatable bonds is 9. The second-order valence-electron chi connectivity index (χ2n) is 20.9. The SMILES string of the molecule is CO[C@H]1C[C@@H]2CC[C@@H](C)[C@@](O)(O2)C(=O)C(=O)N2CCCC[C@H]2C(=O)O[C@H]([C@H](C)C[C@@H]2CC[C@@H](OP(C)(C)=O)[C@H](OC)C2)CC(=O)C(CO)/C=C(\C)[C@@H](O)[C@@H](OC)C(=O)[C@H](C)C[C@H](C)/C=C/C=C/C=C/1C. The zero-order valence-corrected chi connectivity index (χ0v) is 44.5. The second kappa shape index (κ2) is 27.2. The molecule has 1 amide bonds. The van der Waals surface area contributed by atoms with E-state index in [1.54, 1.807) is 48.3 Å². The fourth-order valence-electron chi connectivity index (χ4n) is 10.6. The molecule has 3 N–H and O–H groups in total. The van der Waals surface area contributed by atoms with Gasteiger partial charge in [-0.1, -0.05) is 64.2 Å². The van der Waals surface area contributed by atoms with Crippen molar-refractivity contribution in [2.75, 3.05) is 47.8 Å².